The van der Waals surface area contributed by atoms with Crippen molar-refractivity contribution in [1.29, 1.82) is 0 Å². The second-order valence-corrected chi connectivity index (χ2v) is 4.00. The minimum atomic E-state index is 0.426. The van der Waals surface area contributed by atoms with Crippen LogP contribution in [-0.2, 0) is 0 Å². The van der Waals surface area contributed by atoms with E-state index in [2.05, 4.69) is 36.3 Å². The zero-order valence-electron chi connectivity index (χ0n) is 10.1. The minimum Gasteiger partial charge on any atom is -0.309 e. The molecule has 0 saturated carbocycles. The van der Waals surface area contributed by atoms with Crippen LogP contribution in [0.25, 0.3) is 0 Å². The Morgan fingerprint density at radius 3 is 2.67 bits per heavy atom. The highest BCUT2D eigenvalue weighted by Crippen LogP contribution is 2.16. The number of pyridine rings is 1. The maximum atomic E-state index is 4.58. The van der Waals surface area contributed by atoms with Crippen molar-refractivity contribution in [2.24, 2.45) is 0 Å². The molecule has 1 aromatic heterocycles. The Kier molecular flexibility index (Phi) is 5.33. The molecule has 1 aromatic rings. The van der Waals surface area contributed by atoms with E-state index >= 15 is 0 Å². The summed E-state index contributed by atoms with van der Waals surface area (Å²) >= 11 is 0. The van der Waals surface area contributed by atoms with Crippen molar-refractivity contribution in [3.05, 3.63) is 29.6 Å². The van der Waals surface area contributed by atoms with Crippen molar-refractivity contribution >= 4 is 0 Å². The first-order valence-corrected chi connectivity index (χ1v) is 5.94. The highest BCUT2D eigenvalue weighted by molar-refractivity contribution is 5.13. The van der Waals surface area contributed by atoms with E-state index < -0.39 is 0 Å². The van der Waals surface area contributed by atoms with E-state index in [1.807, 2.05) is 13.0 Å². The average molecular weight is 206 g/mol. The molecular weight excluding hydrogens is 184 g/mol. The van der Waals surface area contributed by atoms with Crippen LogP contribution in [0, 0.1) is 6.92 Å². The predicted octanol–water partition coefficient (Wildman–Crippen LogP) is 3.23. The minimum absolute atomic E-state index is 0.426. The topological polar surface area (TPSA) is 24.9 Å². The number of rotatable bonds is 6. The molecule has 1 heterocycles. The molecule has 1 rings (SSSR count). The maximum absolute atomic E-state index is 4.58. The lowest BCUT2D eigenvalue weighted by atomic mass is 10.1. The zero-order chi connectivity index (χ0) is 11.1. The van der Waals surface area contributed by atoms with E-state index in [1.54, 1.807) is 0 Å². The largest absolute Gasteiger partial charge is 0.309 e. The summed E-state index contributed by atoms with van der Waals surface area (Å²) in [6.07, 6.45) is 3.53. The monoisotopic (exact) mass is 206 g/mol. The lowest BCUT2D eigenvalue weighted by molar-refractivity contribution is 0.483. The summed E-state index contributed by atoms with van der Waals surface area (Å²) in [5, 5.41) is 3.55. The summed E-state index contributed by atoms with van der Waals surface area (Å²) in [6, 6.07) is 6.69. The summed E-state index contributed by atoms with van der Waals surface area (Å²) in [4.78, 5) is 4.58. The first-order valence-electron chi connectivity index (χ1n) is 5.94. The molecule has 1 unspecified atom stereocenters. The van der Waals surface area contributed by atoms with E-state index in [0.717, 1.165) is 18.7 Å². The second kappa shape index (κ2) is 6.57. The van der Waals surface area contributed by atoms with Gasteiger partial charge in [-0.15, -0.1) is 0 Å². The molecule has 2 nitrogen and oxygen atoms in total. The second-order valence-electron chi connectivity index (χ2n) is 4.00. The third-order valence-corrected chi connectivity index (χ3v) is 2.48. The van der Waals surface area contributed by atoms with Crippen LogP contribution in [0.15, 0.2) is 18.2 Å². The Morgan fingerprint density at radius 1 is 1.27 bits per heavy atom. The van der Waals surface area contributed by atoms with Crippen LogP contribution in [0.2, 0.25) is 0 Å². The quantitative estimate of drug-likeness (QED) is 0.773. The molecule has 0 fully saturated rings. The smallest absolute Gasteiger partial charge is 0.0576 e. The molecule has 0 aromatic carbocycles. The van der Waals surface area contributed by atoms with Gasteiger partial charge in [0.15, 0.2) is 0 Å². The molecule has 0 aliphatic heterocycles. The molecule has 1 N–H and O–H groups in total. The van der Waals surface area contributed by atoms with E-state index in [0.29, 0.717) is 6.04 Å². The van der Waals surface area contributed by atoms with Crippen molar-refractivity contribution in [3.8, 4) is 0 Å². The highest BCUT2D eigenvalue weighted by atomic mass is 14.9. The van der Waals surface area contributed by atoms with Gasteiger partial charge >= 0.3 is 0 Å². The van der Waals surface area contributed by atoms with Gasteiger partial charge in [0.1, 0.15) is 0 Å². The van der Waals surface area contributed by atoms with Gasteiger partial charge in [0.2, 0.25) is 0 Å². The highest BCUT2D eigenvalue weighted by Gasteiger charge is 2.10. The molecule has 0 aliphatic rings. The predicted molar refractivity (Wildman–Crippen MR) is 64.9 cm³/mol. The van der Waals surface area contributed by atoms with Gasteiger partial charge in [-0.25, -0.2) is 0 Å². The van der Waals surface area contributed by atoms with Crippen molar-refractivity contribution in [2.75, 3.05) is 6.54 Å². The summed E-state index contributed by atoms with van der Waals surface area (Å²) in [5.41, 5.74) is 2.29. The van der Waals surface area contributed by atoms with Gasteiger partial charge in [-0.1, -0.05) is 26.3 Å². The van der Waals surface area contributed by atoms with E-state index in [9.17, 15) is 0 Å². The first kappa shape index (κ1) is 12.2. The number of aryl methyl sites for hydroxylation is 1. The van der Waals surface area contributed by atoms with Crippen molar-refractivity contribution < 1.29 is 0 Å². The Balaban J connectivity index is 2.69. The molecule has 2 heteroatoms. The van der Waals surface area contributed by atoms with Crippen LogP contribution < -0.4 is 5.32 Å². The Bertz CT molecular complexity index is 284. The molecule has 0 saturated heterocycles. The van der Waals surface area contributed by atoms with Crippen molar-refractivity contribution in [2.45, 2.75) is 46.1 Å². The van der Waals surface area contributed by atoms with Crippen LogP contribution in [-0.4, -0.2) is 11.5 Å². The van der Waals surface area contributed by atoms with Crippen LogP contribution in [0.1, 0.15) is 50.5 Å². The lowest BCUT2D eigenvalue weighted by Gasteiger charge is -2.17. The molecule has 1 atom stereocenters. The van der Waals surface area contributed by atoms with Crippen LogP contribution in [0.3, 0.4) is 0 Å². The molecule has 0 spiro atoms. The fourth-order valence-corrected chi connectivity index (χ4v) is 1.72. The maximum Gasteiger partial charge on any atom is 0.0576 e. The molecule has 0 amide bonds. The van der Waals surface area contributed by atoms with Gasteiger partial charge in [-0.2, -0.15) is 0 Å². The van der Waals surface area contributed by atoms with Crippen LogP contribution in [0.5, 0.6) is 0 Å². The number of nitrogens with one attached hydrogen (secondary N) is 1. The molecule has 0 bridgehead atoms. The van der Waals surface area contributed by atoms with Gasteiger partial charge < -0.3 is 5.32 Å². The van der Waals surface area contributed by atoms with Crippen LogP contribution >= 0.6 is 0 Å². The zero-order valence-corrected chi connectivity index (χ0v) is 10.1. The standard InChI is InChI=1S/C13H22N2/c1-4-7-12(14-10-5-2)13-9-6-8-11(3)15-13/h6,8-9,12,14H,4-5,7,10H2,1-3H3. The first-order chi connectivity index (χ1) is 7.27. The normalized spacial score (nSPS) is 12.7. The lowest BCUT2D eigenvalue weighted by Crippen LogP contribution is -2.23. The van der Waals surface area contributed by atoms with E-state index in [1.165, 1.54) is 18.5 Å². The third kappa shape index (κ3) is 4.00. The summed E-state index contributed by atoms with van der Waals surface area (Å²) in [7, 11) is 0. The average Bonchev–Trinajstić information content (AvgIpc) is 2.24. The fourth-order valence-electron chi connectivity index (χ4n) is 1.72. The Labute approximate surface area is 93.1 Å². The number of nitrogens with zero attached hydrogens (tertiary/aromatic N) is 1. The molecular formula is C13H22N2. The van der Waals surface area contributed by atoms with Gasteiger partial charge in [0, 0.05) is 11.7 Å². The van der Waals surface area contributed by atoms with Gasteiger partial charge in [0.25, 0.3) is 0 Å². The third-order valence-electron chi connectivity index (χ3n) is 2.48. The number of aromatic nitrogens is 1. The summed E-state index contributed by atoms with van der Waals surface area (Å²) in [6.45, 7) is 7.53. The molecule has 0 aliphatic carbocycles. The summed E-state index contributed by atoms with van der Waals surface area (Å²) < 4.78 is 0. The fraction of sp³-hybridized carbons (Fsp3) is 0.615. The molecule has 84 valence electrons. The summed E-state index contributed by atoms with van der Waals surface area (Å²) in [5.74, 6) is 0. The van der Waals surface area contributed by atoms with Crippen molar-refractivity contribution in [3.63, 3.8) is 0 Å². The van der Waals surface area contributed by atoms with Gasteiger partial charge in [-0.05, 0) is 38.4 Å². The van der Waals surface area contributed by atoms with E-state index in [-0.39, 0.29) is 0 Å². The Morgan fingerprint density at radius 2 is 2.07 bits per heavy atom. The SMILES string of the molecule is CCCNC(CCC)c1cccc(C)n1. The van der Waals surface area contributed by atoms with Gasteiger partial charge in [-0.3, -0.25) is 4.98 Å². The molecule has 0 radical (unpaired) electrons. The molecule has 15 heavy (non-hydrogen) atoms. The van der Waals surface area contributed by atoms with Crippen LogP contribution in [0.4, 0.5) is 0 Å². The Hall–Kier alpha value is -0.890. The number of hydrogen-bond donors (Lipinski definition) is 1. The van der Waals surface area contributed by atoms with Crippen molar-refractivity contribution in [1.82, 2.24) is 10.3 Å². The number of hydrogen-bond acceptors (Lipinski definition) is 2. The van der Waals surface area contributed by atoms with Gasteiger partial charge in [0.05, 0.1) is 5.69 Å². The van der Waals surface area contributed by atoms with E-state index in [4.69, 9.17) is 0 Å².